The number of pyridine rings is 1. The van der Waals surface area contributed by atoms with E-state index in [0.29, 0.717) is 17.3 Å². The van der Waals surface area contributed by atoms with Crippen molar-refractivity contribution >= 4 is 33.3 Å². The first-order valence-corrected chi connectivity index (χ1v) is 9.71. The number of benzene rings is 1. The van der Waals surface area contributed by atoms with Crippen LogP contribution in [0.2, 0.25) is 0 Å². The first-order valence-electron chi connectivity index (χ1n) is 8.83. The van der Waals surface area contributed by atoms with Gasteiger partial charge < -0.3 is 10.2 Å². The number of nitrogens with zero attached hydrogens (tertiary/aromatic N) is 4. The number of carbonyl (C=O) groups excluding carboxylic acids is 1. The molecule has 0 aliphatic carbocycles. The molecule has 4 aromatic rings. The van der Waals surface area contributed by atoms with Gasteiger partial charge in [-0.3, -0.25) is 9.78 Å². The molecule has 0 saturated heterocycles. The van der Waals surface area contributed by atoms with Crippen molar-refractivity contribution in [3.05, 3.63) is 60.1 Å². The molecule has 0 aliphatic rings. The topological polar surface area (TPSA) is 71.0 Å². The number of anilines is 1. The van der Waals surface area contributed by atoms with Gasteiger partial charge in [0.15, 0.2) is 5.82 Å². The normalized spacial score (nSPS) is 10.8. The van der Waals surface area contributed by atoms with Crippen molar-refractivity contribution in [1.29, 1.82) is 0 Å². The van der Waals surface area contributed by atoms with E-state index >= 15 is 0 Å². The molecule has 0 spiro atoms. The zero-order valence-electron chi connectivity index (χ0n) is 15.6. The molecule has 1 amide bonds. The fourth-order valence-electron chi connectivity index (χ4n) is 2.83. The maximum Gasteiger partial charge on any atom is 0.241 e. The van der Waals surface area contributed by atoms with Crippen molar-refractivity contribution in [2.45, 2.75) is 0 Å². The van der Waals surface area contributed by atoms with Crippen LogP contribution < -0.4 is 5.32 Å². The summed E-state index contributed by atoms with van der Waals surface area (Å²) in [5, 5.41) is 6.21. The SMILES string of the molecule is CN(C)C(=O)CNc1nc(-c2ccccn2)nc2scc(-c3ccccc3)c12. The monoisotopic (exact) mass is 389 g/mol. The lowest BCUT2D eigenvalue weighted by Gasteiger charge is -2.13. The third-order valence-corrected chi connectivity index (χ3v) is 5.19. The number of hydrogen-bond acceptors (Lipinski definition) is 6. The molecule has 0 radical (unpaired) electrons. The maximum atomic E-state index is 12.1. The highest BCUT2D eigenvalue weighted by Crippen LogP contribution is 2.37. The zero-order chi connectivity index (χ0) is 19.5. The average Bonchev–Trinajstić information content (AvgIpc) is 3.17. The molecule has 6 nitrogen and oxygen atoms in total. The Morgan fingerprint density at radius 1 is 1.07 bits per heavy atom. The van der Waals surface area contributed by atoms with E-state index in [-0.39, 0.29) is 12.5 Å². The Labute approximate surface area is 166 Å². The number of amides is 1. The number of carbonyl (C=O) groups is 1. The first-order chi connectivity index (χ1) is 13.6. The first kappa shape index (κ1) is 18.1. The number of rotatable bonds is 5. The van der Waals surface area contributed by atoms with Crippen molar-refractivity contribution < 1.29 is 4.79 Å². The lowest BCUT2D eigenvalue weighted by Crippen LogP contribution is -2.28. The van der Waals surface area contributed by atoms with E-state index in [4.69, 9.17) is 9.97 Å². The van der Waals surface area contributed by atoms with Crippen LogP contribution in [0, 0.1) is 0 Å². The van der Waals surface area contributed by atoms with Gasteiger partial charge in [-0.15, -0.1) is 11.3 Å². The summed E-state index contributed by atoms with van der Waals surface area (Å²) in [5.41, 5.74) is 2.83. The van der Waals surface area contributed by atoms with Crippen LogP contribution in [0.3, 0.4) is 0 Å². The minimum absolute atomic E-state index is 0.0253. The predicted octanol–water partition coefficient (Wildman–Crippen LogP) is 3.92. The van der Waals surface area contributed by atoms with Gasteiger partial charge in [0, 0.05) is 31.2 Å². The summed E-state index contributed by atoms with van der Waals surface area (Å²) in [6, 6.07) is 15.8. The van der Waals surface area contributed by atoms with E-state index in [1.54, 1.807) is 36.5 Å². The Bertz CT molecular complexity index is 1110. The van der Waals surface area contributed by atoms with Gasteiger partial charge in [-0.05, 0) is 17.7 Å². The molecule has 1 aromatic carbocycles. The van der Waals surface area contributed by atoms with E-state index in [9.17, 15) is 4.79 Å². The van der Waals surface area contributed by atoms with Gasteiger partial charge in [-0.2, -0.15) is 0 Å². The molecular weight excluding hydrogens is 370 g/mol. The predicted molar refractivity (Wildman–Crippen MR) is 113 cm³/mol. The van der Waals surface area contributed by atoms with Crippen molar-refractivity contribution in [2.75, 3.05) is 26.0 Å². The fourth-order valence-corrected chi connectivity index (χ4v) is 3.77. The molecule has 0 atom stereocenters. The van der Waals surface area contributed by atoms with Crippen LogP contribution in [0.5, 0.6) is 0 Å². The highest BCUT2D eigenvalue weighted by atomic mass is 32.1. The summed E-state index contributed by atoms with van der Waals surface area (Å²) >= 11 is 1.56. The second kappa shape index (κ2) is 7.74. The number of thiophene rings is 1. The van der Waals surface area contributed by atoms with Crippen LogP contribution in [0.25, 0.3) is 32.9 Å². The van der Waals surface area contributed by atoms with Crippen molar-refractivity contribution in [2.24, 2.45) is 0 Å². The largest absolute Gasteiger partial charge is 0.360 e. The highest BCUT2D eigenvalue weighted by Gasteiger charge is 2.17. The Morgan fingerprint density at radius 2 is 1.86 bits per heavy atom. The lowest BCUT2D eigenvalue weighted by molar-refractivity contribution is -0.126. The Morgan fingerprint density at radius 3 is 2.57 bits per heavy atom. The standard InChI is InChI=1S/C21H19N5OS/c1-26(2)17(27)12-23-20-18-15(14-8-4-3-5-9-14)13-28-21(18)25-19(24-20)16-10-6-7-11-22-16/h3-11,13H,12H2,1-2H3,(H,23,24,25). The summed E-state index contributed by atoms with van der Waals surface area (Å²) in [5.74, 6) is 1.15. The molecule has 0 aliphatic heterocycles. The minimum atomic E-state index is -0.0253. The number of likely N-dealkylation sites (N-methyl/N-ethyl adjacent to an activating group) is 1. The highest BCUT2D eigenvalue weighted by molar-refractivity contribution is 7.17. The number of hydrogen-bond donors (Lipinski definition) is 1. The number of aromatic nitrogens is 3. The summed E-state index contributed by atoms with van der Waals surface area (Å²) in [6.07, 6.45) is 1.72. The summed E-state index contributed by atoms with van der Waals surface area (Å²) in [6.45, 7) is 0.158. The summed E-state index contributed by atoms with van der Waals surface area (Å²) in [4.78, 5) is 28.3. The van der Waals surface area contributed by atoms with Crippen LogP contribution in [-0.4, -0.2) is 46.4 Å². The van der Waals surface area contributed by atoms with Gasteiger partial charge in [0.25, 0.3) is 0 Å². The summed E-state index contributed by atoms with van der Waals surface area (Å²) in [7, 11) is 3.47. The van der Waals surface area contributed by atoms with Crippen LogP contribution >= 0.6 is 11.3 Å². The Kier molecular flexibility index (Phi) is 4.99. The number of nitrogens with one attached hydrogen (secondary N) is 1. The average molecular weight is 389 g/mol. The molecule has 4 rings (SSSR count). The molecule has 0 bridgehead atoms. The van der Waals surface area contributed by atoms with E-state index in [2.05, 4.69) is 27.8 Å². The van der Waals surface area contributed by atoms with Gasteiger partial charge in [0.1, 0.15) is 16.3 Å². The molecule has 3 heterocycles. The van der Waals surface area contributed by atoms with Crippen LogP contribution in [0.4, 0.5) is 5.82 Å². The lowest BCUT2D eigenvalue weighted by atomic mass is 10.1. The Balaban J connectivity index is 1.85. The number of fused-ring (bicyclic) bond motifs is 1. The molecule has 1 N–H and O–H groups in total. The molecule has 140 valence electrons. The van der Waals surface area contributed by atoms with Gasteiger partial charge in [-0.25, -0.2) is 9.97 Å². The van der Waals surface area contributed by atoms with E-state index in [1.165, 1.54) is 0 Å². The molecule has 0 unspecified atom stereocenters. The third-order valence-electron chi connectivity index (χ3n) is 4.32. The van der Waals surface area contributed by atoms with Crippen molar-refractivity contribution in [3.8, 4) is 22.6 Å². The Hall–Kier alpha value is -3.32. The molecule has 0 saturated carbocycles. The maximum absolute atomic E-state index is 12.1. The van der Waals surface area contributed by atoms with Gasteiger partial charge in [-0.1, -0.05) is 36.4 Å². The smallest absolute Gasteiger partial charge is 0.241 e. The minimum Gasteiger partial charge on any atom is -0.360 e. The van der Waals surface area contributed by atoms with E-state index in [0.717, 1.165) is 21.3 Å². The molecule has 0 fully saturated rings. The van der Waals surface area contributed by atoms with E-state index in [1.807, 2.05) is 36.4 Å². The van der Waals surface area contributed by atoms with Crippen LogP contribution in [0.1, 0.15) is 0 Å². The molecule has 3 aromatic heterocycles. The fraction of sp³-hybridized carbons (Fsp3) is 0.143. The molecule has 28 heavy (non-hydrogen) atoms. The van der Waals surface area contributed by atoms with Crippen molar-refractivity contribution in [1.82, 2.24) is 19.9 Å². The zero-order valence-corrected chi connectivity index (χ0v) is 16.4. The van der Waals surface area contributed by atoms with E-state index < -0.39 is 0 Å². The van der Waals surface area contributed by atoms with Crippen molar-refractivity contribution in [3.63, 3.8) is 0 Å². The third kappa shape index (κ3) is 3.57. The summed E-state index contributed by atoms with van der Waals surface area (Å²) < 4.78 is 0. The van der Waals surface area contributed by atoms with Crippen LogP contribution in [-0.2, 0) is 4.79 Å². The second-order valence-electron chi connectivity index (χ2n) is 6.45. The molecular formula is C21H19N5OS. The second-order valence-corrected chi connectivity index (χ2v) is 7.31. The van der Waals surface area contributed by atoms with Gasteiger partial charge in [0.2, 0.25) is 5.91 Å². The molecule has 7 heteroatoms. The van der Waals surface area contributed by atoms with Gasteiger partial charge >= 0.3 is 0 Å². The quantitative estimate of drug-likeness (QED) is 0.560. The van der Waals surface area contributed by atoms with Crippen LogP contribution in [0.15, 0.2) is 60.1 Å². The van der Waals surface area contributed by atoms with Gasteiger partial charge in [0.05, 0.1) is 11.9 Å².